The molecule has 0 spiro atoms. The second kappa shape index (κ2) is 8.87. The molecule has 0 unspecified atom stereocenters. The molecule has 6 nitrogen and oxygen atoms in total. The van der Waals surface area contributed by atoms with Crippen molar-refractivity contribution in [2.45, 2.75) is 32.2 Å². The Morgan fingerprint density at radius 3 is 2.63 bits per heavy atom. The van der Waals surface area contributed by atoms with Crippen LogP contribution in [0, 0.1) is 0 Å². The Morgan fingerprint density at radius 1 is 1.32 bits per heavy atom. The van der Waals surface area contributed by atoms with Gasteiger partial charge < -0.3 is 20.3 Å². The van der Waals surface area contributed by atoms with Crippen LogP contribution in [-0.4, -0.2) is 62.7 Å². The van der Waals surface area contributed by atoms with Gasteiger partial charge in [-0.05, 0) is 19.8 Å². The number of ether oxygens (including phenoxy) is 1. The molecule has 19 heavy (non-hydrogen) atoms. The van der Waals surface area contributed by atoms with Gasteiger partial charge in [-0.1, -0.05) is 0 Å². The fraction of sp³-hybridized carbons (Fsp3) is 0.846. The van der Waals surface area contributed by atoms with Crippen molar-refractivity contribution in [2.75, 3.05) is 39.9 Å². The average molecular weight is 271 g/mol. The molecule has 1 fully saturated rings. The maximum atomic E-state index is 11.9. The summed E-state index contributed by atoms with van der Waals surface area (Å²) in [6, 6.07) is 0.455. The molecule has 1 aliphatic carbocycles. The Hall–Kier alpha value is -1.14. The van der Waals surface area contributed by atoms with Crippen LogP contribution in [0.2, 0.25) is 0 Å². The molecule has 1 rings (SSSR count). The van der Waals surface area contributed by atoms with Gasteiger partial charge in [0.05, 0.1) is 13.2 Å². The van der Waals surface area contributed by atoms with E-state index < -0.39 is 0 Å². The van der Waals surface area contributed by atoms with Crippen molar-refractivity contribution in [3.8, 4) is 0 Å². The SMILES string of the molecule is CCN(C(=O)CNCCC(=O)NCCOC)C1CC1. The summed E-state index contributed by atoms with van der Waals surface area (Å²) in [7, 11) is 1.60. The van der Waals surface area contributed by atoms with Crippen LogP contribution in [0.4, 0.5) is 0 Å². The molecule has 1 aliphatic rings. The standard InChI is InChI=1S/C13H25N3O3/c1-3-16(11-4-5-11)13(18)10-14-7-6-12(17)15-8-9-19-2/h11,14H,3-10H2,1-2H3,(H,15,17). The van der Waals surface area contributed by atoms with Crippen LogP contribution in [-0.2, 0) is 14.3 Å². The molecule has 6 heteroatoms. The van der Waals surface area contributed by atoms with Crippen LogP contribution in [0.25, 0.3) is 0 Å². The van der Waals surface area contributed by atoms with Gasteiger partial charge in [0, 0.05) is 39.2 Å². The van der Waals surface area contributed by atoms with Gasteiger partial charge in [0.25, 0.3) is 0 Å². The first-order valence-corrected chi connectivity index (χ1v) is 6.94. The van der Waals surface area contributed by atoms with Crippen molar-refractivity contribution in [1.82, 2.24) is 15.5 Å². The highest BCUT2D eigenvalue weighted by molar-refractivity contribution is 5.79. The molecule has 0 aromatic carbocycles. The van der Waals surface area contributed by atoms with Crippen molar-refractivity contribution in [1.29, 1.82) is 0 Å². The van der Waals surface area contributed by atoms with Crippen LogP contribution < -0.4 is 10.6 Å². The van der Waals surface area contributed by atoms with Crippen LogP contribution in [0.5, 0.6) is 0 Å². The average Bonchev–Trinajstić information content (AvgIpc) is 3.20. The van der Waals surface area contributed by atoms with Crippen molar-refractivity contribution in [3.05, 3.63) is 0 Å². The maximum Gasteiger partial charge on any atom is 0.236 e. The normalized spacial score (nSPS) is 14.2. The monoisotopic (exact) mass is 271 g/mol. The number of carbonyl (C=O) groups is 2. The number of likely N-dealkylation sites (N-methyl/N-ethyl adjacent to an activating group) is 1. The third-order valence-corrected chi connectivity index (χ3v) is 3.08. The molecule has 0 aliphatic heterocycles. The third kappa shape index (κ3) is 6.54. The van der Waals surface area contributed by atoms with Gasteiger partial charge in [0.1, 0.15) is 0 Å². The summed E-state index contributed by atoms with van der Waals surface area (Å²) < 4.78 is 4.84. The highest BCUT2D eigenvalue weighted by Gasteiger charge is 2.30. The predicted molar refractivity (Wildman–Crippen MR) is 72.8 cm³/mol. The second-order valence-corrected chi connectivity index (χ2v) is 4.68. The van der Waals surface area contributed by atoms with E-state index in [-0.39, 0.29) is 11.8 Å². The molecular weight excluding hydrogens is 246 g/mol. The summed E-state index contributed by atoms with van der Waals surface area (Å²) in [4.78, 5) is 25.1. The van der Waals surface area contributed by atoms with E-state index in [1.807, 2.05) is 11.8 Å². The van der Waals surface area contributed by atoms with Gasteiger partial charge in [0.2, 0.25) is 11.8 Å². The van der Waals surface area contributed by atoms with Gasteiger partial charge in [-0.2, -0.15) is 0 Å². The van der Waals surface area contributed by atoms with E-state index in [0.717, 1.165) is 19.4 Å². The largest absolute Gasteiger partial charge is 0.383 e. The quantitative estimate of drug-likeness (QED) is 0.537. The lowest BCUT2D eigenvalue weighted by molar-refractivity contribution is -0.130. The zero-order valence-corrected chi connectivity index (χ0v) is 11.9. The van der Waals surface area contributed by atoms with Gasteiger partial charge >= 0.3 is 0 Å². The molecule has 0 saturated heterocycles. The summed E-state index contributed by atoms with van der Waals surface area (Å²) in [6.45, 7) is 4.65. The molecular formula is C13H25N3O3. The van der Waals surface area contributed by atoms with E-state index >= 15 is 0 Å². The lowest BCUT2D eigenvalue weighted by Crippen LogP contribution is -2.40. The van der Waals surface area contributed by atoms with Gasteiger partial charge in [-0.15, -0.1) is 0 Å². The number of hydrogen-bond acceptors (Lipinski definition) is 4. The summed E-state index contributed by atoms with van der Waals surface area (Å²) >= 11 is 0. The summed E-state index contributed by atoms with van der Waals surface area (Å²) in [5, 5.41) is 5.76. The molecule has 0 atom stereocenters. The molecule has 0 heterocycles. The van der Waals surface area contributed by atoms with E-state index in [1.165, 1.54) is 0 Å². The molecule has 0 aromatic rings. The van der Waals surface area contributed by atoms with Gasteiger partial charge in [0.15, 0.2) is 0 Å². The minimum atomic E-state index is -0.0217. The van der Waals surface area contributed by atoms with Crippen molar-refractivity contribution >= 4 is 11.8 Å². The summed E-state index contributed by atoms with van der Waals surface area (Å²) in [6.07, 6.45) is 2.63. The van der Waals surface area contributed by atoms with E-state index in [4.69, 9.17) is 4.74 Å². The smallest absolute Gasteiger partial charge is 0.236 e. The predicted octanol–water partition coefficient (Wildman–Crippen LogP) is -0.260. The van der Waals surface area contributed by atoms with Crippen LogP contribution in [0.3, 0.4) is 0 Å². The number of rotatable bonds is 10. The summed E-state index contributed by atoms with van der Waals surface area (Å²) in [5.74, 6) is 0.108. The Balaban J connectivity index is 2.03. The molecule has 1 saturated carbocycles. The Morgan fingerprint density at radius 2 is 2.05 bits per heavy atom. The van der Waals surface area contributed by atoms with Gasteiger partial charge in [-0.25, -0.2) is 0 Å². The third-order valence-electron chi connectivity index (χ3n) is 3.08. The molecule has 2 amide bonds. The minimum absolute atomic E-state index is 0.0217. The summed E-state index contributed by atoms with van der Waals surface area (Å²) in [5.41, 5.74) is 0. The number of hydrogen-bond donors (Lipinski definition) is 2. The second-order valence-electron chi connectivity index (χ2n) is 4.68. The first kappa shape index (κ1) is 15.9. The zero-order valence-electron chi connectivity index (χ0n) is 11.9. The first-order valence-electron chi connectivity index (χ1n) is 6.94. The number of nitrogens with zero attached hydrogens (tertiary/aromatic N) is 1. The highest BCUT2D eigenvalue weighted by Crippen LogP contribution is 2.26. The molecule has 0 bridgehead atoms. The van der Waals surface area contributed by atoms with E-state index in [0.29, 0.717) is 38.7 Å². The maximum absolute atomic E-state index is 11.9. The highest BCUT2D eigenvalue weighted by atomic mass is 16.5. The van der Waals surface area contributed by atoms with Crippen LogP contribution in [0.1, 0.15) is 26.2 Å². The van der Waals surface area contributed by atoms with Crippen molar-refractivity contribution in [2.24, 2.45) is 0 Å². The molecule has 0 aromatic heterocycles. The van der Waals surface area contributed by atoms with E-state index in [2.05, 4.69) is 10.6 Å². The lowest BCUT2D eigenvalue weighted by Gasteiger charge is -2.20. The fourth-order valence-electron chi connectivity index (χ4n) is 1.90. The van der Waals surface area contributed by atoms with Crippen molar-refractivity contribution in [3.63, 3.8) is 0 Å². The van der Waals surface area contributed by atoms with E-state index in [1.54, 1.807) is 7.11 Å². The fourth-order valence-corrected chi connectivity index (χ4v) is 1.90. The molecule has 0 radical (unpaired) electrons. The number of amides is 2. The number of carbonyl (C=O) groups excluding carboxylic acids is 2. The Bertz CT molecular complexity index is 293. The topological polar surface area (TPSA) is 70.7 Å². The zero-order chi connectivity index (χ0) is 14.1. The van der Waals surface area contributed by atoms with Crippen molar-refractivity contribution < 1.29 is 14.3 Å². The van der Waals surface area contributed by atoms with Gasteiger partial charge in [-0.3, -0.25) is 9.59 Å². The Labute approximate surface area is 114 Å². The Kier molecular flexibility index (Phi) is 7.43. The first-order chi connectivity index (χ1) is 9.19. The van der Waals surface area contributed by atoms with Crippen LogP contribution >= 0.6 is 0 Å². The lowest BCUT2D eigenvalue weighted by atomic mass is 10.3. The molecule has 2 N–H and O–H groups in total. The van der Waals surface area contributed by atoms with E-state index in [9.17, 15) is 9.59 Å². The molecule has 110 valence electrons. The number of nitrogens with one attached hydrogen (secondary N) is 2. The van der Waals surface area contributed by atoms with Crippen LogP contribution in [0.15, 0.2) is 0 Å². The minimum Gasteiger partial charge on any atom is -0.383 e. The number of methoxy groups -OCH3 is 1.